The van der Waals surface area contributed by atoms with Gasteiger partial charge in [0, 0.05) is 29.5 Å². The van der Waals surface area contributed by atoms with Gasteiger partial charge < -0.3 is 14.6 Å². The molecule has 1 aromatic carbocycles. The number of allylic oxidation sites excluding steroid dienone is 5. The molecule has 0 amide bonds. The molecule has 148 valence electrons. The third kappa shape index (κ3) is 2.60. The zero-order valence-electron chi connectivity index (χ0n) is 17.0. The Balaban J connectivity index is 2.34. The van der Waals surface area contributed by atoms with Crippen LogP contribution in [0.2, 0.25) is 0 Å². The van der Waals surface area contributed by atoms with Gasteiger partial charge in [0.05, 0.1) is 19.6 Å². The lowest BCUT2D eigenvalue weighted by atomic mass is 9.52. The van der Waals surface area contributed by atoms with E-state index in [1.165, 1.54) is 20.3 Å². The van der Waals surface area contributed by atoms with Gasteiger partial charge in [0.25, 0.3) is 0 Å². The van der Waals surface area contributed by atoms with Crippen LogP contribution in [0, 0.1) is 11.3 Å². The molecular weight excluding hydrogens is 356 g/mol. The number of ketones is 2. The maximum atomic E-state index is 13.5. The molecule has 0 saturated heterocycles. The SMILES string of the molecule is C=CC1=CC[C@H]2C(=O)C(C)=C(C)C(=O)[C@@]2(C)[C@H]1c1c(O)cc(OC)cc1OC. The molecule has 3 atom stereocenters. The summed E-state index contributed by atoms with van der Waals surface area (Å²) in [7, 11) is 3.00. The molecule has 0 heterocycles. The van der Waals surface area contributed by atoms with E-state index in [4.69, 9.17) is 9.47 Å². The summed E-state index contributed by atoms with van der Waals surface area (Å²) in [6, 6.07) is 3.17. The quantitative estimate of drug-likeness (QED) is 0.848. The largest absolute Gasteiger partial charge is 0.507 e. The second-order valence-electron chi connectivity index (χ2n) is 7.62. The lowest BCUT2D eigenvalue weighted by molar-refractivity contribution is -0.138. The Bertz CT molecular complexity index is 937. The number of rotatable bonds is 4. The minimum absolute atomic E-state index is 0.0177. The fourth-order valence-electron chi connectivity index (χ4n) is 4.69. The van der Waals surface area contributed by atoms with Gasteiger partial charge in [0.2, 0.25) is 0 Å². The molecule has 0 saturated carbocycles. The number of methoxy groups -OCH3 is 2. The standard InChI is InChI=1S/C23H26O5/c1-7-14-8-9-16-21(25)12(2)13(3)22(26)23(16,4)20(14)19-17(24)10-15(27-5)11-18(19)28-6/h7-8,10-11,16,20,24H,1,9H2,2-6H3/t16-,20+,23+/m0/s1. The van der Waals surface area contributed by atoms with Crippen LogP contribution in [-0.4, -0.2) is 30.9 Å². The summed E-state index contributed by atoms with van der Waals surface area (Å²) in [4.78, 5) is 26.6. The lowest BCUT2D eigenvalue weighted by Crippen LogP contribution is -2.51. The van der Waals surface area contributed by atoms with Crippen molar-refractivity contribution in [3.63, 3.8) is 0 Å². The number of hydrogen-bond acceptors (Lipinski definition) is 5. The van der Waals surface area contributed by atoms with Crippen LogP contribution in [0.15, 0.2) is 47.6 Å². The summed E-state index contributed by atoms with van der Waals surface area (Å²) in [6.07, 6.45) is 4.09. The predicted molar refractivity (Wildman–Crippen MR) is 107 cm³/mol. The van der Waals surface area contributed by atoms with Crippen LogP contribution in [0.4, 0.5) is 0 Å². The average molecular weight is 382 g/mol. The summed E-state index contributed by atoms with van der Waals surface area (Å²) in [5.74, 6) is -0.355. The molecule has 2 aliphatic rings. The van der Waals surface area contributed by atoms with Gasteiger partial charge >= 0.3 is 0 Å². The van der Waals surface area contributed by atoms with E-state index in [2.05, 4.69) is 6.58 Å². The maximum Gasteiger partial charge on any atom is 0.166 e. The second kappa shape index (κ2) is 6.97. The highest BCUT2D eigenvalue weighted by Gasteiger charge is 2.57. The summed E-state index contributed by atoms with van der Waals surface area (Å²) in [5, 5.41) is 10.8. The minimum Gasteiger partial charge on any atom is -0.507 e. The van der Waals surface area contributed by atoms with E-state index < -0.39 is 17.3 Å². The molecule has 2 aliphatic carbocycles. The highest BCUT2D eigenvalue weighted by atomic mass is 16.5. The number of phenolic OH excluding ortho intramolecular Hbond substituents is 1. The molecule has 1 aromatic rings. The highest BCUT2D eigenvalue weighted by Crippen LogP contribution is 2.59. The Labute approximate surface area is 165 Å². The molecule has 28 heavy (non-hydrogen) atoms. The fraction of sp³-hybridized carbons (Fsp3) is 0.391. The van der Waals surface area contributed by atoms with Crippen LogP contribution in [0.25, 0.3) is 0 Å². The third-order valence-corrected chi connectivity index (χ3v) is 6.40. The molecule has 0 unspecified atom stereocenters. The first-order valence-corrected chi connectivity index (χ1v) is 9.26. The molecule has 5 heteroatoms. The number of carbonyl (C=O) groups is 2. The Kier molecular flexibility index (Phi) is 4.96. The molecule has 0 bridgehead atoms. The van der Waals surface area contributed by atoms with Crippen molar-refractivity contribution in [2.24, 2.45) is 11.3 Å². The highest BCUT2D eigenvalue weighted by molar-refractivity contribution is 6.15. The number of ether oxygens (including phenoxy) is 2. The fourth-order valence-corrected chi connectivity index (χ4v) is 4.69. The van der Waals surface area contributed by atoms with Crippen LogP contribution < -0.4 is 9.47 Å². The Morgan fingerprint density at radius 2 is 1.86 bits per heavy atom. The maximum absolute atomic E-state index is 13.5. The zero-order chi connectivity index (χ0) is 20.8. The second-order valence-corrected chi connectivity index (χ2v) is 7.62. The average Bonchev–Trinajstić information content (AvgIpc) is 2.70. The monoisotopic (exact) mass is 382 g/mol. The van der Waals surface area contributed by atoms with Gasteiger partial charge in [-0.2, -0.15) is 0 Å². The van der Waals surface area contributed by atoms with Crippen molar-refractivity contribution < 1.29 is 24.2 Å². The van der Waals surface area contributed by atoms with Gasteiger partial charge in [-0.15, -0.1) is 0 Å². The number of Topliss-reactive ketones (excluding diaryl/α,β-unsaturated/α-hetero) is 2. The van der Waals surface area contributed by atoms with E-state index in [0.717, 1.165) is 5.57 Å². The normalized spacial score (nSPS) is 27.2. The molecule has 0 fully saturated rings. The van der Waals surface area contributed by atoms with Crippen molar-refractivity contribution in [1.82, 2.24) is 0 Å². The number of fused-ring (bicyclic) bond motifs is 1. The van der Waals surface area contributed by atoms with E-state index >= 15 is 0 Å². The van der Waals surface area contributed by atoms with E-state index in [9.17, 15) is 14.7 Å². The van der Waals surface area contributed by atoms with Crippen LogP contribution in [0.5, 0.6) is 17.2 Å². The molecule has 0 aromatic heterocycles. The minimum atomic E-state index is -1.04. The Hall–Kier alpha value is -2.82. The van der Waals surface area contributed by atoms with Crippen molar-refractivity contribution in [2.75, 3.05) is 14.2 Å². The number of hydrogen-bond donors (Lipinski definition) is 1. The molecule has 0 aliphatic heterocycles. The lowest BCUT2D eigenvalue weighted by Gasteiger charge is -2.48. The molecule has 5 nitrogen and oxygen atoms in total. The molecule has 0 spiro atoms. The van der Waals surface area contributed by atoms with Crippen molar-refractivity contribution in [3.8, 4) is 17.2 Å². The summed E-state index contributed by atoms with van der Waals surface area (Å²) in [5.41, 5.74) is 1.22. The van der Waals surface area contributed by atoms with Crippen molar-refractivity contribution in [2.45, 2.75) is 33.1 Å². The van der Waals surface area contributed by atoms with E-state index in [-0.39, 0.29) is 17.3 Å². The van der Waals surface area contributed by atoms with Crippen molar-refractivity contribution in [3.05, 3.63) is 53.1 Å². The van der Waals surface area contributed by atoms with Crippen molar-refractivity contribution in [1.29, 1.82) is 0 Å². The van der Waals surface area contributed by atoms with E-state index in [0.29, 0.717) is 34.6 Å². The van der Waals surface area contributed by atoms with Gasteiger partial charge in [0.15, 0.2) is 11.6 Å². The molecule has 1 N–H and O–H groups in total. The number of carbonyl (C=O) groups excluding carboxylic acids is 2. The number of benzene rings is 1. The number of phenols is 1. The molecule has 3 rings (SSSR count). The first-order valence-electron chi connectivity index (χ1n) is 9.26. The van der Waals surface area contributed by atoms with Gasteiger partial charge in [0.1, 0.15) is 17.2 Å². The predicted octanol–water partition coefficient (Wildman–Crippen LogP) is 4.12. The van der Waals surface area contributed by atoms with E-state index in [1.54, 1.807) is 26.0 Å². The summed E-state index contributed by atoms with van der Waals surface area (Å²) >= 11 is 0. The summed E-state index contributed by atoms with van der Waals surface area (Å²) in [6.45, 7) is 9.13. The Morgan fingerprint density at radius 1 is 1.18 bits per heavy atom. The number of aromatic hydroxyl groups is 1. The van der Waals surface area contributed by atoms with E-state index in [1.807, 2.05) is 13.0 Å². The summed E-state index contributed by atoms with van der Waals surface area (Å²) < 4.78 is 10.8. The van der Waals surface area contributed by atoms with Crippen LogP contribution >= 0.6 is 0 Å². The van der Waals surface area contributed by atoms with Crippen LogP contribution in [0.1, 0.15) is 38.7 Å². The van der Waals surface area contributed by atoms with Crippen molar-refractivity contribution >= 4 is 11.6 Å². The van der Waals surface area contributed by atoms with Crippen LogP contribution in [0.3, 0.4) is 0 Å². The topological polar surface area (TPSA) is 72.8 Å². The zero-order valence-corrected chi connectivity index (χ0v) is 17.0. The van der Waals surface area contributed by atoms with Gasteiger partial charge in [-0.3, -0.25) is 9.59 Å². The first-order chi connectivity index (χ1) is 13.2. The van der Waals surface area contributed by atoms with Gasteiger partial charge in [-0.1, -0.05) is 25.7 Å². The molecular formula is C23H26O5. The Morgan fingerprint density at radius 3 is 2.43 bits per heavy atom. The first kappa shape index (κ1) is 19.9. The third-order valence-electron chi connectivity index (χ3n) is 6.40. The van der Waals surface area contributed by atoms with Gasteiger partial charge in [-0.25, -0.2) is 0 Å². The molecule has 0 radical (unpaired) electrons. The van der Waals surface area contributed by atoms with Gasteiger partial charge in [-0.05, 0) is 37.0 Å². The smallest absolute Gasteiger partial charge is 0.166 e. The van der Waals surface area contributed by atoms with Crippen LogP contribution in [-0.2, 0) is 9.59 Å².